The average molecular weight is 1510 g/mol. The zero-order chi connectivity index (χ0) is 80.0. The van der Waals surface area contributed by atoms with Crippen molar-refractivity contribution in [3.63, 3.8) is 0 Å². The predicted molar refractivity (Wildman–Crippen MR) is 404 cm³/mol. The molecule has 596 valence electrons. The number of nitrogens with one attached hydrogen (secondary N) is 10. The van der Waals surface area contributed by atoms with Crippen LogP contribution in [0.25, 0.3) is 0 Å². The SMILES string of the molecule is COC(=O)[C@H](CC(C)C)NC(=O)[C@H](CCCNC(=O)OC(C)(C)C)NC(=O)[C@@H](NC(=O)[C@@H]1CCCN1C(=O)[C@@H](Cc1ccccc1)NC(=O)[C@H](CC(C)C)NC(=O)[C@H](CCCNC(=O)OC(C)(C)C)NC(=O)[C@@H](NC(=O)[C@@H]1CCCN1C(=O)[C@@H](Cc1ccccc1)NC(=O)OCc1ccccc1)C(C)C)C(C)C. The van der Waals surface area contributed by atoms with Crippen LogP contribution in [0.5, 0.6) is 0 Å². The molecule has 29 nitrogen and oxygen atoms in total. The fraction of sp³-hybridized carbons (Fsp3) is 0.608. The quantitative estimate of drug-likeness (QED) is 0.0170. The summed E-state index contributed by atoms with van der Waals surface area (Å²) in [5.41, 5.74) is 0.506. The van der Waals surface area contributed by atoms with Gasteiger partial charge in [-0.3, -0.25) is 43.2 Å². The summed E-state index contributed by atoms with van der Waals surface area (Å²) in [6, 6.07) is 14.6. The van der Waals surface area contributed by atoms with E-state index in [-0.39, 0.29) is 109 Å². The highest BCUT2D eigenvalue weighted by atomic mass is 16.6. The Hall–Kier alpha value is -9.83. The molecule has 0 unspecified atom stereocenters. The lowest BCUT2D eigenvalue weighted by atomic mass is 9.99. The van der Waals surface area contributed by atoms with Crippen molar-refractivity contribution >= 4 is 77.4 Å². The Morgan fingerprint density at radius 2 is 0.778 bits per heavy atom. The highest BCUT2D eigenvalue weighted by Crippen LogP contribution is 2.24. The zero-order valence-electron chi connectivity index (χ0n) is 65.6. The third-order valence-electron chi connectivity index (χ3n) is 17.9. The molecular formula is C79H118N12O17. The van der Waals surface area contributed by atoms with E-state index in [2.05, 4.69) is 53.2 Å². The van der Waals surface area contributed by atoms with E-state index in [1.54, 1.807) is 136 Å². The maximum absolute atomic E-state index is 15.2. The van der Waals surface area contributed by atoms with Crippen molar-refractivity contribution in [2.45, 2.75) is 252 Å². The van der Waals surface area contributed by atoms with Crippen molar-refractivity contribution in [3.05, 3.63) is 108 Å². The minimum atomic E-state index is -1.40. The number of likely N-dealkylation sites (tertiary alicyclic amines) is 2. The molecule has 2 heterocycles. The van der Waals surface area contributed by atoms with E-state index in [1.807, 2.05) is 52.0 Å². The predicted octanol–water partition coefficient (Wildman–Crippen LogP) is 6.33. The Kier molecular flexibility index (Phi) is 35.5. The Bertz CT molecular complexity index is 3470. The first-order valence-corrected chi connectivity index (χ1v) is 37.7. The fourth-order valence-electron chi connectivity index (χ4n) is 12.6. The number of carbonyl (C=O) groups is 13. The largest absolute Gasteiger partial charge is 0.467 e. The Balaban J connectivity index is 1.37. The van der Waals surface area contributed by atoms with E-state index in [0.717, 1.165) is 11.1 Å². The highest BCUT2D eigenvalue weighted by molar-refractivity contribution is 5.99. The van der Waals surface area contributed by atoms with Crippen molar-refractivity contribution in [1.82, 2.24) is 63.0 Å². The van der Waals surface area contributed by atoms with E-state index in [0.29, 0.717) is 18.4 Å². The monoisotopic (exact) mass is 1510 g/mol. The van der Waals surface area contributed by atoms with E-state index < -0.39 is 161 Å². The number of hydrogen-bond donors (Lipinski definition) is 10. The van der Waals surface area contributed by atoms with Crippen molar-refractivity contribution in [1.29, 1.82) is 0 Å². The molecule has 2 aliphatic rings. The minimum Gasteiger partial charge on any atom is -0.467 e. The van der Waals surface area contributed by atoms with Crippen molar-refractivity contribution in [2.24, 2.45) is 23.7 Å². The van der Waals surface area contributed by atoms with Gasteiger partial charge >= 0.3 is 24.2 Å². The molecule has 2 fully saturated rings. The highest BCUT2D eigenvalue weighted by Gasteiger charge is 2.43. The van der Waals surface area contributed by atoms with Crippen molar-refractivity contribution in [3.8, 4) is 0 Å². The Morgan fingerprint density at radius 3 is 1.16 bits per heavy atom. The third kappa shape index (κ3) is 30.4. The number of methoxy groups -OCH3 is 1. The summed E-state index contributed by atoms with van der Waals surface area (Å²) < 4.78 is 21.3. The zero-order valence-corrected chi connectivity index (χ0v) is 65.6. The van der Waals surface area contributed by atoms with Crippen LogP contribution in [0.4, 0.5) is 14.4 Å². The molecule has 0 aromatic heterocycles. The lowest BCUT2D eigenvalue weighted by Crippen LogP contribution is -2.61. The topological polar surface area (TPSA) is 386 Å². The normalized spacial score (nSPS) is 16.6. The second kappa shape index (κ2) is 43.2. The molecule has 0 spiro atoms. The molecular weight excluding hydrogens is 1390 g/mol. The number of benzene rings is 3. The van der Waals surface area contributed by atoms with Gasteiger partial charge in [-0.15, -0.1) is 0 Å². The standard InChI is InChI=1S/C79H118N12O17/c1-48(2)43-57(67(94)85-58(45-52-29-19-16-20-30-52)72(99)90-41-27-37-61(90)68(95)88-64(51(7)8)71(98)83-56(36-26-40-81-76(103)108-79(12,13)14)66(93)86-60(44-49(3)4)74(101)105-15)84-65(92)55(35-25-39-80-75(102)107-78(9,10)11)82-70(97)63(50(5)6)89-69(96)62-38-28-42-91(62)73(100)59(46-53-31-21-17-22-32-53)87-77(104)106-47-54-33-23-18-24-34-54/h16-24,29-34,48-51,55-64H,25-28,35-47H2,1-15H3,(H,80,102)(H,81,103)(H,82,97)(H,83,98)(H,84,92)(H,85,94)(H,86,93)(H,87,104)(H,88,95)(H,89,96)/t55-,56-,57-,58+,59+,60-,61-,62-,63-,64-/m0/s1. The van der Waals surface area contributed by atoms with Gasteiger partial charge in [-0.05, 0) is 146 Å². The number of nitrogens with zero attached hydrogens (tertiary/aromatic N) is 2. The Labute approximate surface area is 635 Å². The molecule has 5 rings (SSSR count). The van der Waals surface area contributed by atoms with Gasteiger partial charge in [0.25, 0.3) is 0 Å². The molecule has 0 bridgehead atoms. The number of rotatable bonds is 38. The van der Waals surface area contributed by atoms with E-state index in [4.69, 9.17) is 18.9 Å². The van der Waals surface area contributed by atoms with Gasteiger partial charge in [0.05, 0.1) is 7.11 Å². The number of hydrogen-bond acceptors (Lipinski definition) is 17. The first-order chi connectivity index (χ1) is 50.9. The second-order valence-corrected chi connectivity index (χ2v) is 31.2. The van der Waals surface area contributed by atoms with Crippen LogP contribution < -0.4 is 53.2 Å². The lowest BCUT2D eigenvalue weighted by Gasteiger charge is -2.32. The molecule has 108 heavy (non-hydrogen) atoms. The first-order valence-electron chi connectivity index (χ1n) is 37.7. The van der Waals surface area contributed by atoms with Crippen LogP contribution in [0.3, 0.4) is 0 Å². The lowest BCUT2D eigenvalue weighted by molar-refractivity contribution is -0.146. The number of carbonyl (C=O) groups excluding carboxylic acids is 13. The molecule has 0 aliphatic carbocycles. The molecule has 10 N–H and O–H groups in total. The van der Waals surface area contributed by atoms with E-state index >= 15 is 9.59 Å². The molecule has 10 atom stereocenters. The van der Waals surface area contributed by atoms with Crippen LogP contribution in [0.15, 0.2) is 91.0 Å². The van der Waals surface area contributed by atoms with Crippen molar-refractivity contribution < 1.29 is 81.3 Å². The number of amides is 12. The van der Waals surface area contributed by atoms with Gasteiger partial charge in [-0.1, -0.05) is 146 Å². The number of alkyl carbamates (subject to hydrolysis) is 3. The summed E-state index contributed by atoms with van der Waals surface area (Å²) in [5.74, 6) is -8.48. The van der Waals surface area contributed by atoms with Crippen LogP contribution >= 0.6 is 0 Å². The average Bonchev–Trinajstić information content (AvgIpc) is 1.62. The van der Waals surface area contributed by atoms with Crippen LogP contribution in [0, 0.1) is 23.7 Å². The van der Waals surface area contributed by atoms with Crippen LogP contribution in [0.2, 0.25) is 0 Å². The van der Waals surface area contributed by atoms with Crippen LogP contribution in [0.1, 0.15) is 178 Å². The van der Waals surface area contributed by atoms with E-state index in [1.165, 1.54) is 16.9 Å². The smallest absolute Gasteiger partial charge is 0.408 e. The molecule has 29 heteroatoms. The maximum Gasteiger partial charge on any atom is 0.408 e. The molecule has 2 saturated heterocycles. The molecule has 12 amide bonds. The minimum absolute atomic E-state index is 0.00861. The summed E-state index contributed by atoms with van der Waals surface area (Å²) in [4.78, 5) is 187. The van der Waals surface area contributed by atoms with Gasteiger partial charge in [0.1, 0.15) is 78.2 Å². The fourth-order valence-corrected chi connectivity index (χ4v) is 12.6. The molecule has 2 aliphatic heterocycles. The molecule has 0 saturated carbocycles. The van der Waals surface area contributed by atoms with Gasteiger partial charge in [0, 0.05) is 39.0 Å². The van der Waals surface area contributed by atoms with Gasteiger partial charge in [-0.25, -0.2) is 19.2 Å². The Morgan fingerprint density at radius 1 is 0.426 bits per heavy atom. The summed E-state index contributed by atoms with van der Waals surface area (Å²) in [5, 5.41) is 27.7. The van der Waals surface area contributed by atoms with Crippen molar-refractivity contribution in [2.75, 3.05) is 33.3 Å². The number of esters is 1. The first kappa shape index (κ1) is 88.8. The van der Waals surface area contributed by atoms with E-state index in [9.17, 15) is 52.7 Å². The van der Waals surface area contributed by atoms with Gasteiger partial charge < -0.3 is 81.9 Å². The summed E-state index contributed by atoms with van der Waals surface area (Å²) in [7, 11) is 1.20. The third-order valence-corrected chi connectivity index (χ3v) is 17.9. The molecule has 0 radical (unpaired) electrons. The number of ether oxygens (including phenoxy) is 4. The van der Waals surface area contributed by atoms with Crippen LogP contribution in [-0.2, 0) is 86.3 Å². The summed E-state index contributed by atoms with van der Waals surface area (Å²) in [6.07, 6.45) is -0.631. The molecule has 3 aromatic carbocycles. The van der Waals surface area contributed by atoms with Crippen LogP contribution in [-0.4, -0.2) is 192 Å². The maximum atomic E-state index is 15.2. The van der Waals surface area contributed by atoms with Gasteiger partial charge in [-0.2, -0.15) is 0 Å². The second-order valence-electron chi connectivity index (χ2n) is 31.2. The summed E-state index contributed by atoms with van der Waals surface area (Å²) >= 11 is 0. The summed E-state index contributed by atoms with van der Waals surface area (Å²) in [6.45, 7) is 24.6. The van der Waals surface area contributed by atoms with Gasteiger partial charge in [0.15, 0.2) is 0 Å². The molecule has 3 aromatic rings. The van der Waals surface area contributed by atoms with Gasteiger partial charge in [0.2, 0.25) is 53.2 Å².